The summed E-state index contributed by atoms with van der Waals surface area (Å²) in [5, 5.41) is 3.34. The third-order valence-electron chi connectivity index (χ3n) is 4.49. The highest BCUT2D eigenvalue weighted by Gasteiger charge is 2.22. The molecule has 0 radical (unpaired) electrons. The fourth-order valence-corrected chi connectivity index (χ4v) is 3.25. The number of piperazine rings is 1. The van der Waals surface area contributed by atoms with E-state index in [1.165, 1.54) is 12.1 Å². The van der Waals surface area contributed by atoms with E-state index in [1.54, 1.807) is 29.2 Å². The Kier molecular flexibility index (Phi) is 4.96. The summed E-state index contributed by atoms with van der Waals surface area (Å²) in [5.41, 5.74) is 1.90. The molecule has 1 aliphatic heterocycles. The molecule has 3 aromatic rings. The van der Waals surface area contributed by atoms with Gasteiger partial charge in [0, 0.05) is 43.0 Å². The molecule has 0 unspecified atom stereocenters. The molecule has 6 nitrogen and oxygen atoms in total. The van der Waals surface area contributed by atoms with Crippen molar-refractivity contribution in [1.29, 1.82) is 0 Å². The summed E-state index contributed by atoms with van der Waals surface area (Å²) in [5.74, 6) is 0.252. The number of hydrogen-bond donors (Lipinski definition) is 1. The summed E-state index contributed by atoms with van der Waals surface area (Å²) in [4.78, 5) is 20.7. The number of oxazole rings is 1. The predicted octanol–water partition coefficient (Wildman–Crippen LogP) is 3.97. The van der Waals surface area contributed by atoms with E-state index >= 15 is 0 Å². The summed E-state index contributed by atoms with van der Waals surface area (Å²) in [7, 11) is 0. The van der Waals surface area contributed by atoms with E-state index in [1.807, 2.05) is 6.07 Å². The third kappa shape index (κ3) is 4.20. The van der Waals surface area contributed by atoms with Gasteiger partial charge >= 0.3 is 6.03 Å². The molecule has 0 aliphatic carbocycles. The van der Waals surface area contributed by atoms with Crippen molar-refractivity contribution in [3.8, 4) is 0 Å². The third-order valence-corrected chi connectivity index (χ3v) is 4.72. The van der Waals surface area contributed by atoms with Crippen LogP contribution in [0.2, 0.25) is 5.02 Å². The van der Waals surface area contributed by atoms with Crippen molar-refractivity contribution < 1.29 is 13.6 Å². The molecule has 0 atom stereocenters. The SMILES string of the molecule is O=C(Nc1cccc(F)c1)N1CCN(Cc2nc3ccc(Cl)cc3o2)CC1. The number of carbonyl (C=O) groups is 1. The molecule has 0 bridgehead atoms. The van der Waals surface area contributed by atoms with E-state index in [2.05, 4.69) is 15.2 Å². The first-order valence-corrected chi connectivity index (χ1v) is 9.03. The van der Waals surface area contributed by atoms with Gasteiger partial charge in [-0.05, 0) is 30.3 Å². The normalized spacial score (nSPS) is 15.3. The molecule has 1 N–H and O–H groups in total. The minimum atomic E-state index is -0.378. The average Bonchev–Trinajstić information content (AvgIpc) is 3.03. The van der Waals surface area contributed by atoms with E-state index in [9.17, 15) is 9.18 Å². The molecule has 0 saturated carbocycles. The molecular weight excluding hydrogens is 371 g/mol. The molecule has 1 aliphatic rings. The largest absolute Gasteiger partial charge is 0.439 e. The average molecular weight is 389 g/mol. The Bertz CT molecular complexity index is 969. The highest BCUT2D eigenvalue weighted by atomic mass is 35.5. The first kappa shape index (κ1) is 17.8. The zero-order valence-corrected chi connectivity index (χ0v) is 15.2. The zero-order chi connectivity index (χ0) is 18.8. The smallest absolute Gasteiger partial charge is 0.321 e. The van der Waals surface area contributed by atoms with Gasteiger partial charge in [-0.15, -0.1) is 0 Å². The Hall–Kier alpha value is -2.64. The van der Waals surface area contributed by atoms with E-state index < -0.39 is 0 Å². The first-order chi connectivity index (χ1) is 13.1. The van der Waals surface area contributed by atoms with E-state index in [0.29, 0.717) is 54.9 Å². The molecule has 1 saturated heterocycles. The van der Waals surface area contributed by atoms with Gasteiger partial charge in [-0.3, -0.25) is 4.90 Å². The van der Waals surface area contributed by atoms with Crippen LogP contribution in [0.15, 0.2) is 46.9 Å². The fraction of sp³-hybridized carbons (Fsp3) is 0.263. The van der Waals surface area contributed by atoms with Crippen LogP contribution in [0.5, 0.6) is 0 Å². The number of nitrogens with one attached hydrogen (secondary N) is 1. The monoisotopic (exact) mass is 388 g/mol. The van der Waals surface area contributed by atoms with Crippen molar-refractivity contribution in [2.24, 2.45) is 0 Å². The van der Waals surface area contributed by atoms with Crippen molar-refractivity contribution >= 4 is 34.4 Å². The minimum Gasteiger partial charge on any atom is -0.439 e. The summed E-state index contributed by atoms with van der Waals surface area (Å²) in [6, 6.07) is 11.0. The zero-order valence-electron chi connectivity index (χ0n) is 14.5. The lowest BCUT2D eigenvalue weighted by Gasteiger charge is -2.34. The Morgan fingerprint density at radius 1 is 1.19 bits per heavy atom. The standard InChI is InChI=1S/C19H18ClFN4O2/c20-13-4-5-16-17(10-13)27-18(23-16)12-24-6-8-25(9-7-24)19(26)22-15-3-1-2-14(21)11-15/h1-5,10-11H,6-9,12H2,(H,22,26). The molecule has 1 aromatic heterocycles. The maximum atomic E-state index is 13.2. The van der Waals surface area contributed by atoms with Crippen LogP contribution in [-0.4, -0.2) is 47.0 Å². The van der Waals surface area contributed by atoms with Crippen LogP contribution in [0.3, 0.4) is 0 Å². The van der Waals surface area contributed by atoms with E-state index in [4.69, 9.17) is 16.0 Å². The van der Waals surface area contributed by atoms with Gasteiger partial charge in [-0.25, -0.2) is 14.2 Å². The number of benzene rings is 2. The molecule has 1 fully saturated rings. The van der Waals surface area contributed by atoms with Gasteiger partial charge in [-0.1, -0.05) is 17.7 Å². The molecule has 140 valence electrons. The van der Waals surface area contributed by atoms with Gasteiger partial charge in [-0.2, -0.15) is 0 Å². The van der Waals surface area contributed by atoms with Crippen LogP contribution >= 0.6 is 11.6 Å². The second kappa shape index (κ2) is 7.54. The number of urea groups is 1. The predicted molar refractivity (Wildman–Crippen MR) is 101 cm³/mol. The molecule has 8 heteroatoms. The number of aromatic nitrogens is 1. The van der Waals surface area contributed by atoms with Gasteiger partial charge in [0.15, 0.2) is 5.58 Å². The lowest BCUT2D eigenvalue weighted by molar-refractivity contribution is 0.136. The number of carbonyl (C=O) groups excluding carboxylic acids is 1. The Labute approximate surface area is 160 Å². The maximum Gasteiger partial charge on any atom is 0.321 e. The second-order valence-corrected chi connectivity index (χ2v) is 6.86. The number of hydrogen-bond acceptors (Lipinski definition) is 4. The minimum absolute atomic E-state index is 0.225. The lowest BCUT2D eigenvalue weighted by atomic mass is 10.3. The van der Waals surface area contributed by atoms with Crippen LogP contribution in [0, 0.1) is 5.82 Å². The van der Waals surface area contributed by atoms with Gasteiger partial charge in [0.2, 0.25) is 5.89 Å². The molecular formula is C19H18ClFN4O2. The summed E-state index contributed by atoms with van der Waals surface area (Å²) in [6.45, 7) is 3.14. The van der Waals surface area contributed by atoms with Crippen LogP contribution < -0.4 is 5.32 Å². The van der Waals surface area contributed by atoms with Gasteiger partial charge in [0.1, 0.15) is 11.3 Å². The highest BCUT2D eigenvalue weighted by molar-refractivity contribution is 6.31. The number of fused-ring (bicyclic) bond motifs is 1. The van der Waals surface area contributed by atoms with Crippen molar-refractivity contribution in [3.63, 3.8) is 0 Å². The Balaban J connectivity index is 1.32. The molecule has 2 heterocycles. The first-order valence-electron chi connectivity index (χ1n) is 8.66. The van der Waals surface area contributed by atoms with E-state index in [-0.39, 0.29) is 11.8 Å². The summed E-state index contributed by atoms with van der Waals surface area (Å²) < 4.78 is 19.0. The number of anilines is 1. The quantitative estimate of drug-likeness (QED) is 0.737. The number of amides is 2. The van der Waals surface area contributed by atoms with Crippen molar-refractivity contribution in [2.45, 2.75) is 6.54 Å². The highest BCUT2D eigenvalue weighted by Crippen LogP contribution is 2.21. The maximum absolute atomic E-state index is 13.2. The van der Waals surface area contributed by atoms with Crippen molar-refractivity contribution in [2.75, 3.05) is 31.5 Å². The summed E-state index contributed by atoms with van der Waals surface area (Å²) in [6.07, 6.45) is 0. The molecule has 0 spiro atoms. The molecule has 2 aromatic carbocycles. The van der Waals surface area contributed by atoms with Crippen LogP contribution in [0.4, 0.5) is 14.9 Å². The van der Waals surface area contributed by atoms with Crippen LogP contribution in [-0.2, 0) is 6.54 Å². The van der Waals surface area contributed by atoms with Crippen molar-refractivity contribution in [3.05, 3.63) is 59.2 Å². The second-order valence-electron chi connectivity index (χ2n) is 6.42. The van der Waals surface area contributed by atoms with Crippen molar-refractivity contribution in [1.82, 2.24) is 14.8 Å². The topological polar surface area (TPSA) is 61.6 Å². The molecule has 27 heavy (non-hydrogen) atoms. The lowest BCUT2D eigenvalue weighted by Crippen LogP contribution is -2.49. The Morgan fingerprint density at radius 3 is 2.78 bits per heavy atom. The van der Waals surface area contributed by atoms with Crippen LogP contribution in [0.1, 0.15) is 5.89 Å². The number of halogens is 2. The van der Waals surface area contributed by atoms with E-state index in [0.717, 1.165) is 5.52 Å². The van der Waals surface area contributed by atoms with Crippen LogP contribution in [0.25, 0.3) is 11.1 Å². The molecule has 4 rings (SSSR count). The Morgan fingerprint density at radius 2 is 2.00 bits per heavy atom. The number of rotatable bonds is 3. The van der Waals surface area contributed by atoms with Gasteiger partial charge in [0.25, 0.3) is 0 Å². The molecule has 2 amide bonds. The fourth-order valence-electron chi connectivity index (χ4n) is 3.08. The number of nitrogens with zero attached hydrogens (tertiary/aromatic N) is 3. The summed E-state index contributed by atoms with van der Waals surface area (Å²) >= 11 is 5.97. The van der Waals surface area contributed by atoms with Gasteiger partial charge < -0.3 is 14.6 Å². The van der Waals surface area contributed by atoms with Gasteiger partial charge in [0.05, 0.1) is 6.54 Å².